The molecule has 0 aliphatic rings. The molecule has 3 nitrogen and oxygen atoms in total. The van der Waals surface area contributed by atoms with Gasteiger partial charge in [-0.15, -0.1) is 0 Å². The monoisotopic (exact) mass is 271 g/mol. The molecule has 0 radical (unpaired) electrons. The first-order valence-corrected chi connectivity index (χ1v) is 6.87. The topological polar surface area (TPSA) is 30.2 Å². The van der Waals surface area contributed by atoms with Gasteiger partial charge in [-0.3, -0.25) is 4.40 Å². The van der Waals surface area contributed by atoms with Crippen LogP contribution in [0.2, 0.25) is 0 Å². The zero-order chi connectivity index (χ0) is 14.1. The molecule has 0 saturated heterocycles. The highest BCUT2D eigenvalue weighted by Crippen LogP contribution is 2.31. The fourth-order valence-corrected chi connectivity index (χ4v) is 2.56. The molecule has 0 unspecified atom stereocenters. The highest BCUT2D eigenvalue weighted by molar-refractivity contribution is 5.81. The number of benzene rings is 2. The second kappa shape index (κ2) is 4.87. The average molecular weight is 271 g/mol. The van der Waals surface area contributed by atoms with Gasteiger partial charge in [0, 0.05) is 23.5 Å². The zero-order valence-corrected chi connectivity index (χ0v) is 11.3. The summed E-state index contributed by atoms with van der Waals surface area (Å²) in [5, 5.41) is 0. The van der Waals surface area contributed by atoms with E-state index in [9.17, 15) is 0 Å². The van der Waals surface area contributed by atoms with Crippen molar-refractivity contribution in [3.63, 3.8) is 0 Å². The third kappa shape index (κ3) is 1.99. The number of aromatic nitrogens is 3. The van der Waals surface area contributed by atoms with E-state index in [2.05, 4.69) is 29.2 Å². The van der Waals surface area contributed by atoms with Crippen molar-refractivity contribution in [3.05, 3.63) is 79.1 Å². The van der Waals surface area contributed by atoms with Crippen molar-refractivity contribution in [1.82, 2.24) is 14.4 Å². The van der Waals surface area contributed by atoms with E-state index in [0.29, 0.717) is 0 Å². The fraction of sp³-hybridized carbons (Fsp3) is 0. The molecule has 0 saturated carbocycles. The molecule has 21 heavy (non-hydrogen) atoms. The van der Waals surface area contributed by atoms with Gasteiger partial charge in [-0.1, -0.05) is 60.7 Å². The molecule has 2 heterocycles. The highest BCUT2D eigenvalue weighted by atomic mass is 15.1. The Morgan fingerprint density at radius 1 is 0.714 bits per heavy atom. The van der Waals surface area contributed by atoms with Crippen LogP contribution in [-0.4, -0.2) is 14.4 Å². The van der Waals surface area contributed by atoms with Crippen molar-refractivity contribution in [1.29, 1.82) is 0 Å². The Kier molecular flexibility index (Phi) is 2.75. The molecule has 2 aromatic carbocycles. The largest absolute Gasteiger partial charge is 0.283 e. The van der Waals surface area contributed by atoms with Crippen LogP contribution >= 0.6 is 0 Å². The molecule has 0 aliphatic heterocycles. The molecular weight excluding hydrogens is 258 g/mol. The van der Waals surface area contributed by atoms with E-state index in [-0.39, 0.29) is 0 Å². The lowest BCUT2D eigenvalue weighted by Gasteiger charge is -2.05. The molecule has 3 heteroatoms. The van der Waals surface area contributed by atoms with E-state index in [4.69, 9.17) is 4.98 Å². The number of imidazole rings is 1. The Morgan fingerprint density at radius 3 is 2.10 bits per heavy atom. The van der Waals surface area contributed by atoms with Crippen LogP contribution in [0.3, 0.4) is 0 Å². The molecular formula is C18H13N3. The number of rotatable bonds is 2. The van der Waals surface area contributed by atoms with Crippen LogP contribution in [0.4, 0.5) is 0 Å². The third-order valence-electron chi connectivity index (χ3n) is 3.50. The molecule has 0 spiro atoms. The van der Waals surface area contributed by atoms with Gasteiger partial charge >= 0.3 is 0 Å². The lowest BCUT2D eigenvalue weighted by atomic mass is 10.1. The maximum Gasteiger partial charge on any atom is 0.234 e. The predicted molar refractivity (Wildman–Crippen MR) is 83.9 cm³/mol. The molecule has 0 bridgehead atoms. The fourth-order valence-electron chi connectivity index (χ4n) is 2.56. The first-order chi connectivity index (χ1) is 10.4. The number of nitrogens with zero attached hydrogens (tertiary/aromatic N) is 3. The van der Waals surface area contributed by atoms with Gasteiger partial charge in [0.2, 0.25) is 5.78 Å². The van der Waals surface area contributed by atoms with Gasteiger partial charge < -0.3 is 0 Å². The number of fused-ring (bicyclic) bond motifs is 1. The Labute approximate surface area is 122 Å². The van der Waals surface area contributed by atoms with Gasteiger partial charge in [-0.2, -0.15) is 0 Å². The van der Waals surface area contributed by atoms with Crippen molar-refractivity contribution in [3.8, 4) is 22.5 Å². The van der Waals surface area contributed by atoms with Crippen LogP contribution < -0.4 is 0 Å². The van der Waals surface area contributed by atoms with Crippen LogP contribution in [0.25, 0.3) is 28.3 Å². The molecule has 4 rings (SSSR count). The molecule has 4 aromatic rings. The van der Waals surface area contributed by atoms with Crippen LogP contribution in [-0.2, 0) is 0 Å². The van der Waals surface area contributed by atoms with Crippen molar-refractivity contribution in [2.75, 3.05) is 0 Å². The summed E-state index contributed by atoms with van der Waals surface area (Å²) < 4.78 is 2.04. The second-order valence-corrected chi connectivity index (χ2v) is 4.83. The van der Waals surface area contributed by atoms with Gasteiger partial charge in [0.25, 0.3) is 0 Å². The van der Waals surface area contributed by atoms with Gasteiger partial charge in [0.15, 0.2) is 0 Å². The predicted octanol–water partition coefficient (Wildman–Crippen LogP) is 4.06. The summed E-state index contributed by atoms with van der Waals surface area (Å²) in [5.74, 6) is 0.718. The highest BCUT2D eigenvalue weighted by Gasteiger charge is 2.15. The van der Waals surface area contributed by atoms with Crippen molar-refractivity contribution < 1.29 is 0 Å². The molecule has 2 aromatic heterocycles. The Bertz CT molecular complexity index is 880. The Balaban J connectivity index is 2.07. The molecule has 0 N–H and O–H groups in total. The number of hydrogen-bond donors (Lipinski definition) is 0. The van der Waals surface area contributed by atoms with E-state index in [1.807, 2.05) is 53.1 Å². The molecule has 100 valence electrons. The summed E-state index contributed by atoms with van der Waals surface area (Å²) in [6, 6.07) is 22.5. The van der Waals surface area contributed by atoms with Gasteiger partial charge in [-0.25, -0.2) is 9.97 Å². The van der Waals surface area contributed by atoms with Gasteiger partial charge in [0.05, 0.1) is 11.4 Å². The van der Waals surface area contributed by atoms with E-state index < -0.39 is 0 Å². The molecule has 0 amide bonds. The van der Waals surface area contributed by atoms with Crippen LogP contribution in [0, 0.1) is 0 Å². The summed E-state index contributed by atoms with van der Waals surface area (Å²) >= 11 is 0. The van der Waals surface area contributed by atoms with E-state index in [1.165, 1.54) is 0 Å². The van der Waals surface area contributed by atoms with Crippen LogP contribution in [0.5, 0.6) is 0 Å². The zero-order valence-electron chi connectivity index (χ0n) is 11.3. The van der Waals surface area contributed by atoms with Crippen molar-refractivity contribution >= 4 is 5.78 Å². The third-order valence-corrected chi connectivity index (χ3v) is 3.50. The minimum Gasteiger partial charge on any atom is -0.283 e. The van der Waals surface area contributed by atoms with Crippen LogP contribution in [0.15, 0.2) is 79.1 Å². The average Bonchev–Trinajstić information content (AvgIpc) is 2.96. The van der Waals surface area contributed by atoms with Gasteiger partial charge in [0.1, 0.15) is 0 Å². The maximum atomic E-state index is 4.71. The smallest absolute Gasteiger partial charge is 0.234 e. The SMILES string of the molecule is c1ccc(-c2nc3ncccn3c2-c2ccccc2)cc1. The summed E-state index contributed by atoms with van der Waals surface area (Å²) in [4.78, 5) is 9.08. The summed E-state index contributed by atoms with van der Waals surface area (Å²) in [6.45, 7) is 0. The summed E-state index contributed by atoms with van der Waals surface area (Å²) in [7, 11) is 0. The second-order valence-electron chi connectivity index (χ2n) is 4.83. The van der Waals surface area contributed by atoms with E-state index in [0.717, 1.165) is 28.3 Å². The summed E-state index contributed by atoms with van der Waals surface area (Å²) in [5.41, 5.74) is 4.27. The molecule has 0 aliphatic carbocycles. The first-order valence-electron chi connectivity index (χ1n) is 6.87. The summed E-state index contributed by atoms with van der Waals surface area (Å²) in [6.07, 6.45) is 3.77. The minimum absolute atomic E-state index is 0.718. The maximum absolute atomic E-state index is 4.71. The quantitative estimate of drug-likeness (QED) is 0.550. The lowest BCUT2D eigenvalue weighted by molar-refractivity contribution is 1.11. The molecule has 0 atom stereocenters. The van der Waals surface area contributed by atoms with Crippen LogP contribution in [0.1, 0.15) is 0 Å². The van der Waals surface area contributed by atoms with Crippen molar-refractivity contribution in [2.45, 2.75) is 0 Å². The van der Waals surface area contributed by atoms with Crippen molar-refractivity contribution in [2.24, 2.45) is 0 Å². The molecule has 0 fully saturated rings. The standard InChI is InChI=1S/C18H13N3/c1-3-8-14(9-4-1)16-17(15-10-5-2-6-11-15)21-13-7-12-19-18(21)20-16/h1-13H. The van der Waals surface area contributed by atoms with E-state index >= 15 is 0 Å². The normalized spacial score (nSPS) is 10.9. The first kappa shape index (κ1) is 11.9. The number of hydrogen-bond acceptors (Lipinski definition) is 2. The Hall–Kier alpha value is -2.94. The minimum atomic E-state index is 0.718. The van der Waals surface area contributed by atoms with E-state index in [1.54, 1.807) is 6.20 Å². The Morgan fingerprint density at radius 2 is 1.38 bits per heavy atom. The van der Waals surface area contributed by atoms with Gasteiger partial charge in [-0.05, 0) is 6.07 Å². The lowest BCUT2D eigenvalue weighted by Crippen LogP contribution is -1.90.